The highest BCUT2D eigenvalue weighted by Crippen LogP contribution is 2.29. The topological polar surface area (TPSA) is 9.23 Å². The normalized spacial score (nSPS) is 27.9. The van der Waals surface area contributed by atoms with Crippen molar-refractivity contribution in [3.05, 3.63) is 0 Å². The molecule has 0 amide bonds. The molecule has 0 aromatic carbocycles. The van der Waals surface area contributed by atoms with Crippen molar-refractivity contribution < 1.29 is 4.74 Å². The summed E-state index contributed by atoms with van der Waals surface area (Å²) in [7, 11) is 0. The van der Waals surface area contributed by atoms with Crippen molar-refractivity contribution in [2.45, 2.75) is 58.0 Å². The van der Waals surface area contributed by atoms with E-state index in [1.165, 1.54) is 32.1 Å². The molecule has 0 radical (unpaired) electrons. The second kappa shape index (κ2) is 7.53. The van der Waals surface area contributed by atoms with E-state index in [0.29, 0.717) is 6.10 Å². The molecule has 1 aliphatic carbocycles. The second-order valence-corrected chi connectivity index (χ2v) is 4.64. The van der Waals surface area contributed by atoms with Crippen LogP contribution in [0.5, 0.6) is 0 Å². The van der Waals surface area contributed by atoms with Crippen LogP contribution in [0.2, 0.25) is 0 Å². The third kappa shape index (κ3) is 4.18. The third-order valence-corrected chi connectivity index (χ3v) is 3.49. The van der Waals surface area contributed by atoms with Gasteiger partial charge in [-0.05, 0) is 31.6 Å². The number of hydrogen-bond donors (Lipinski definition) is 0. The minimum absolute atomic E-state index is 0.545. The van der Waals surface area contributed by atoms with Crippen molar-refractivity contribution >= 4 is 11.6 Å². The number of alkyl halides is 1. The standard InChI is InChI=1S/C12H23ClO/c1-2-11-7-3-4-8-12(11)14-10-6-5-9-13/h11-12H,2-10H2,1H3. The van der Waals surface area contributed by atoms with Gasteiger partial charge in [-0.2, -0.15) is 0 Å². The Hall–Kier alpha value is 0.250. The molecule has 2 unspecified atom stereocenters. The maximum Gasteiger partial charge on any atom is 0.0603 e. The van der Waals surface area contributed by atoms with Crippen LogP contribution in [0.15, 0.2) is 0 Å². The van der Waals surface area contributed by atoms with Crippen LogP contribution in [0.1, 0.15) is 51.9 Å². The highest BCUT2D eigenvalue weighted by molar-refractivity contribution is 6.17. The highest BCUT2D eigenvalue weighted by atomic mass is 35.5. The highest BCUT2D eigenvalue weighted by Gasteiger charge is 2.23. The zero-order valence-electron chi connectivity index (χ0n) is 9.30. The van der Waals surface area contributed by atoms with E-state index in [4.69, 9.17) is 16.3 Å². The van der Waals surface area contributed by atoms with Crippen molar-refractivity contribution in [3.63, 3.8) is 0 Å². The van der Waals surface area contributed by atoms with Gasteiger partial charge in [0.15, 0.2) is 0 Å². The minimum atomic E-state index is 0.545. The van der Waals surface area contributed by atoms with Gasteiger partial charge in [-0.25, -0.2) is 0 Å². The summed E-state index contributed by atoms with van der Waals surface area (Å²) in [6.45, 7) is 3.19. The number of halogens is 1. The Morgan fingerprint density at radius 1 is 1.21 bits per heavy atom. The lowest BCUT2D eigenvalue weighted by Crippen LogP contribution is -2.27. The van der Waals surface area contributed by atoms with Crippen LogP contribution in [0.4, 0.5) is 0 Å². The van der Waals surface area contributed by atoms with E-state index in [-0.39, 0.29) is 0 Å². The van der Waals surface area contributed by atoms with E-state index in [1.54, 1.807) is 0 Å². The summed E-state index contributed by atoms with van der Waals surface area (Å²) in [5, 5.41) is 0. The van der Waals surface area contributed by atoms with E-state index in [1.807, 2.05) is 0 Å². The van der Waals surface area contributed by atoms with Crippen molar-refractivity contribution in [2.24, 2.45) is 5.92 Å². The molecule has 2 atom stereocenters. The Balaban J connectivity index is 2.13. The Morgan fingerprint density at radius 3 is 2.71 bits per heavy atom. The average Bonchev–Trinajstić information content (AvgIpc) is 2.25. The monoisotopic (exact) mass is 218 g/mol. The Bertz CT molecular complexity index is 138. The summed E-state index contributed by atoms with van der Waals surface area (Å²) in [4.78, 5) is 0. The first-order valence-electron chi connectivity index (χ1n) is 6.06. The van der Waals surface area contributed by atoms with Crippen LogP contribution in [-0.4, -0.2) is 18.6 Å². The van der Waals surface area contributed by atoms with Crippen molar-refractivity contribution in [1.82, 2.24) is 0 Å². The number of unbranched alkanes of at least 4 members (excludes halogenated alkanes) is 1. The molecule has 0 aromatic rings. The molecule has 1 fully saturated rings. The fourth-order valence-electron chi connectivity index (χ4n) is 2.29. The zero-order valence-corrected chi connectivity index (χ0v) is 10.1. The summed E-state index contributed by atoms with van der Waals surface area (Å²) in [5.41, 5.74) is 0. The predicted octanol–water partition coefficient (Wildman–Crippen LogP) is 3.99. The summed E-state index contributed by atoms with van der Waals surface area (Å²) in [6, 6.07) is 0. The van der Waals surface area contributed by atoms with Crippen LogP contribution < -0.4 is 0 Å². The first-order valence-corrected chi connectivity index (χ1v) is 6.59. The SMILES string of the molecule is CCC1CCCCC1OCCCCCl. The van der Waals surface area contributed by atoms with E-state index in [9.17, 15) is 0 Å². The smallest absolute Gasteiger partial charge is 0.0603 e. The van der Waals surface area contributed by atoms with E-state index in [2.05, 4.69) is 6.92 Å². The van der Waals surface area contributed by atoms with Crippen LogP contribution in [0.25, 0.3) is 0 Å². The molecule has 0 bridgehead atoms. The Labute approximate surface area is 93.2 Å². The predicted molar refractivity (Wildman–Crippen MR) is 61.9 cm³/mol. The fourth-order valence-corrected chi connectivity index (χ4v) is 2.48. The number of rotatable bonds is 6. The summed E-state index contributed by atoms with van der Waals surface area (Å²) < 4.78 is 5.93. The van der Waals surface area contributed by atoms with Gasteiger partial charge >= 0.3 is 0 Å². The lowest BCUT2D eigenvalue weighted by Gasteiger charge is -2.30. The molecule has 0 heterocycles. The molecule has 0 spiro atoms. The van der Waals surface area contributed by atoms with Crippen molar-refractivity contribution in [1.29, 1.82) is 0 Å². The second-order valence-electron chi connectivity index (χ2n) is 4.26. The van der Waals surface area contributed by atoms with Crippen LogP contribution in [0.3, 0.4) is 0 Å². The molecule has 14 heavy (non-hydrogen) atoms. The first kappa shape index (κ1) is 12.3. The molecule has 2 heteroatoms. The van der Waals surface area contributed by atoms with Crippen LogP contribution in [-0.2, 0) is 4.74 Å². The largest absolute Gasteiger partial charge is 0.378 e. The molecule has 0 aromatic heterocycles. The number of ether oxygens (including phenoxy) is 1. The van der Waals surface area contributed by atoms with E-state index < -0.39 is 0 Å². The summed E-state index contributed by atoms with van der Waals surface area (Å²) in [6.07, 6.45) is 9.44. The molecule has 84 valence electrons. The maximum absolute atomic E-state index is 5.93. The quantitative estimate of drug-likeness (QED) is 0.484. The molecule has 1 saturated carbocycles. The molecule has 0 saturated heterocycles. The Kier molecular flexibility index (Phi) is 6.63. The average molecular weight is 219 g/mol. The van der Waals surface area contributed by atoms with Gasteiger partial charge in [0.25, 0.3) is 0 Å². The summed E-state index contributed by atoms with van der Waals surface area (Å²) >= 11 is 5.62. The van der Waals surface area contributed by atoms with Gasteiger partial charge in [-0.1, -0.05) is 26.2 Å². The van der Waals surface area contributed by atoms with Gasteiger partial charge in [0.2, 0.25) is 0 Å². The lowest BCUT2D eigenvalue weighted by atomic mass is 9.85. The third-order valence-electron chi connectivity index (χ3n) is 3.22. The van der Waals surface area contributed by atoms with Gasteiger partial charge in [-0.3, -0.25) is 0 Å². The van der Waals surface area contributed by atoms with Gasteiger partial charge in [0.05, 0.1) is 6.10 Å². The van der Waals surface area contributed by atoms with E-state index in [0.717, 1.165) is 31.2 Å². The number of hydrogen-bond acceptors (Lipinski definition) is 1. The fraction of sp³-hybridized carbons (Fsp3) is 1.00. The van der Waals surface area contributed by atoms with Gasteiger partial charge in [0, 0.05) is 12.5 Å². The van der Waals surface area contributed by atoms with Gasteiger partial charge in [-0.15, -0.1) is 11.6 Å². The van der Waals surface area contributed by atoms with Crippen molar-refractivity contribution in [2.75, 3.05) is 12.5 Å². The van der Waals surface area contributed by atoms with E-state index >= 15 is 0 Å². The van der Waals surface area contributed by atoms with Crippen LogP contribution >= 0.6 is 11.6 Å². The molecule has 1 aliphatic rings. The zero-order chi connectivity index (χ0) is 10.2. The minimum Gasteiger partial charge on any atom is -0.378 e. The van der Waals surface area contributed by atoms with Crippen molar-refractivity contribution in [3.8, 4) is 0 Å². The molecule has 1 nitrogen and oxygen atoms in total. The van der Waals surface area contributed by atoms with Crippen LogP contribution in [0, 0.1) is 5.92 Å². The molecule has 1 rings (SSSR count). The molecule has 0 N–H and O–H groups in total. The maximum atomic E-state index is 5.93. The van der Waals surface area contributed by atoms with Gasteiger partial charge < -0.3 is 4.74 Å². The summed E-state index contributed by atoms with van der Waals surface area (Å²) in [5.74, 6) is 1.59. The first-order chi connectivity index (χ1) is 6.88. The molecule has 0 aliphatic heterocycles. The molecular formula is C12H23ClO. The molecular weight excluding hydrogens is 196 g/mol. The Morgan fingerprint density at radius 2 is 2.00 bits per heavy atom. The lowest BCUT2D eigenvalue weighted by molar-refractivity contribution is -0.0130. The van der Waals surface area contributed by atoms with Gasteiger partial charge in [0.1, 0.15) is 0 Å².